The zero-order valence-electron chi connectivity index (χ0n) is 32.7. The van der Waals surface area contributed by atoms with Crippen LogP contribution in [0.15, 0.2) is 140 Å². The van der Waals surface area contributed by atoms with Gasteiger partial charge in [-0.25, -0.2) is 4.98 Å². The Hall–Kier alpha value is -6.43. The number of primary amides is 1. The van der Waals surface area contributed by atoms with Crippen molar-refractivity contribution in [2.45, 2.75) is 37.8 Å². The molecule has 6 aromatic rings. The standard InChI is InChI=1S/C20H17NO.C13H17N3O.C7H7NO2.C4H8O.CH4O/c22-16-21-20(17-10-4-1-5-11-17,18-12-6-2-7-13-18)19-14-8-3-9-15-19;1-15-11(13(14)17)7-9-8-16(2)12-6-4-3-5-10(9)12;1-10-7-3-2-6(5-9)4-8-7;1-2-3-4-5;1-2/h1-16H,(H,21,22);3-6,8,11,15H,7H2,1-2H3,(H2,14,17);2-5H,1H3;4H,2-3H2,1H3;2H,1H3. The van der Waals surface area contributed by atoms with E-state index in [2.05, 4.69) is 38.5 Å². The number of fused-ring (bicyclic) bond motifs is 1. The van der Waals surface area contributed by atoms with Gasteiger partial charge in [0.05, 0.1) is 13.2 Å². The number of unbranched alkanes of at least 4 members (excludes halogenated alkanes) is 1. The summed E-state index contributed by atoms with van der Waals surface area (Å²) >= 11 is 0. The molecule has 0 aliphatic carbocycles. The second-order valence-corrected chi connectivity index (χ2v) is 12.0. The average molecular weight is 760 g/mol. The average Bonchev–Trinajstić information content (AvgIpc) is 3.58. The van der Waals surface area contributed by atoms with Gasteiger partial charge in [0, 0.05) is 55.5 Å². The van der Waals surface area contributed by atoms with Gasteiger partial charge < -0.3 is 35.6 Å². The number of aryl methyl sites for hydroxylation is 1. The van der Waals surface area contributed by atoms with Gasteiger partial charge in [0.15, 0.2) is 6.29 Å². The molecule has 0 saturated heterocycles. The van der Waals surface area contributed by atoms with Crippen molar-refractivity contribution in [3.8, 4) is 5.88 Å². The van der Waals surface area contributed by atoms with Crippen molar-refractivity contribution >= 4 is 35.8 Å². The number of aromatic nitrogens is 2. The quantitative estimate of drug-likeness (QED) is 0.0821. The minimum Gasteiger partial charge on any atom is -0.481 e. The number of para-hydroxylation sites is 1. The Balaban J connectivity index is 0.000000282. The minimum atomic E-state index is -0.689. The van der Waals surface area contributed by atoms with Crippen molar-refractivity contribution in [3.05, 3.63) is 168 Å². The molecule has 0 radical (unpaired) electrons. The molecule has 294 valence electrons. The lowest BCUT2D eigenvalue weighted by Crippen LogP contribution is -2.43. The maximum absolute atomic E-state index is 11.4. The van der Waals surface area contributed by atoms with Crippen molar-refractivity contribution in [1.29, 1.82) is 0 Å². The molecule has 0 aliphatic heterocycles. The number of aliphatic hydroxyl groups excluding tert-OH is 1. The molecule has 1 unspecified atom stereocenters. The van der Waals surface area contributed by atoms with Crippen LogP contribution in [-0.4, -0.2) is 66.9 Å². The summed E-state index contributed by atoms with van der Waals surface area (Å²) in [4.78, 5) is 46.0. The predicted octanol–water partition coefficient (Wildman–Crippen LogP) is 6.02. The number of aliphatic hydroxyl groups is 1. The van der Waals surface area contributed by atoms with Crippen molar-refractivity contribution in [2.75, 3.05) is 21.3 Å². The number of amides is 2. The molecular weight excluding hydrogens is 707 g/mol. The summed E-state index contributed by atoms with van der Waals surface area (Å²) in [5.74, 6) is 0.200. The van der Waals surface area contributed by atoms with E-state index < -0.39 is 5.54 Å². The number of ether oxygens (including phenoxy) is 1. The van der Waals surface area contributed by atoms with Crippen molar-refractivity contribution in [2.24, 2.45) is 12.8 Å². The monoisotopic (exact) mass is 759 g/mol. The summed E-state index contributed by atoms with van der Waals surface area (Å²) in [5.41, 5.74) is 10.6. The van der Waals surface area contributed by atoms with Gasteiger partial charge in [-0.2, -0.15) is 0 Å². The van der Waals surface area contributed by atoms with Gasteiger partial charge in [-0.05, 0) is 54.3 Å². The number of hydrogen-bond acceptors (Lipinski definition) is 8. The lowest BCUT2D eigenvalue weighted by Gasteiger charge is -2.35. The fourth-order valence-electron chi connectivity index (χ4n) is 5.76. The second kappa shape index (κ2) is 25.6. The third-order valence-electron chi connectivity index (χ3n) is 8.50. The zero-order valence-corrected chi connectivity index (χ0v) is 32.7. The molecule has 0 aliphatic rings. The van der Waals surface area contributed by atoms with Crippen LogP contribution in [0.3, 0.4) is 0 Å². The largest absolute Gasteiger partial charge is 0.481 e. The van der Waals surface area contributed by atoms with E-state index in [-0.39, 0.29) is 11.9 Å². The van der Waals surface area contributed by atoms with Crippen LogP contribution in [-0.2, 0) is 33.4 Å². The molecule has 0 fully saturated rings. The number of likely N-dealkylation sites (N-methyl/N-ethyl adjacent to an activating group) is 1. The number of methoxy groups -OCH3 is 1. The highest BCUT2D eigenvalue weighted by atomic mass is 16.5. The number of pyridine rings is 1. The van der Waals surface area contributed by atoms with Crippen molar-refractivity contribution in [1.82, 2.24) is 20.2 Å². The number of carbonyl (C=O) groups is 4. The van der Waals surface area contributed by atoms with E-state index in [9.17, 15) is 19.2 Å². The summed E-state index contributed by atoms with van der Waals surface area (Å²) < 4.78 is 6.85. The second-order valence-electron chi connectivity index (χ2n) is 12.0. The first-order valence-electron chi connectivity index (χ1n) is 18.0. The highest BCUT2D eigenvalue weighted by Crippen LogP contribution is 2.36. The molecule has 6 rings (SSSR count). The third-order valence-corrected chi connectivity index (χ3v) is 8.50. The smallest absolute Gasteiger partial charge is 0.234 e. The Labute approximate surface area is 329 Å². The Bertz CT molecular complexity index is 1910. The number of nitrogens with one attached hydrogen (secondary N) is 2. The summed E-state index contributed by atoms with van der Waals surface area (Å²) in [6.07, 6.45) is 8.26. The van der Waals surface area contributed by atoms with Gasteiger partial charge in [0.1, 0.15) is 11.8 Å². The normalized spacial score (nSPS) is 10.5. The van der Waals surface area contributed by atoms with Crippen LogP contribution in [0.1, 0.15) is 52.4 Å². The number of carbonyl (C=O) groups excluding carboxylic acids is 4. The Morgan fingerprint density at radius 1 is 0.839 bits per heavy atom. The van der Waals surface area contributed by atoms with Crippen molar-refractivity contribution in [3.63, 3.8) is 0 Å². The molecule has 1 atom stereocenters. The molecule has 2 heterocycles. The molecule has 2 aromatic heterocycles. The Morgan fingerprint density at radius 3 is 1.73 bits per heavy atom. The molecule has 0 spiro atoms. The summed E-state index contributed by atoms with van der Waals surface area (Å²) in [6.45, 7) is 1.98. The summed E-state index contributed by atoms with van der Waals surface area (Å²) in [7, 11) is 6.29. The van der Waals surface area contributed by atoms with E-state index in [1.807, 2.05) is 117 Å². The first-order chi connectivity index (χ1) is 27.3. The number of aldehydes is 2. The number of nitrogens with two attached hydrogens (primary N) is 1. The van der Waals surface area contributed by atoms with Crippen LogP contribution in [0.5, 0.6) is 5.88 Å². The highest BCUT2D eigenvalue weighted by Gasteiger charge is 2.35. The number of nitrogens with zero attached hydrogens (tertiary/aromatic N) is 2. The number of benzene rings is 4. The molecule has 2 amide bonds. The zero-order chi connectivity index (χ0) is 41.2. The maximum Gasteiger partial charge on any atom is 0.234 e. The minimum absolute atomic E-state index is 0.319. The van der Waals surface area contributed by atoms with Crippen LogP contribution in [0.2, 0.25) is 0 Å². The van der Waals surface area contributed by atoms with Crippen LogP contribution >= 0.6 is 0 Å². The predicted molar refractivity (Wildman–Crippen MR) is 222 cm³/mol. The molecule has 11 heteroatoms. The fourth-order valence-corrected chi connectivity index (χ4v) is 5.76. The van der Waals surface area contributed by atoms with Crippen LogP contribution in [0, 0.1) is 0 Å². The van der Waals surface area contributed by atoms with Crippen LogP contribution < -0.4 is 21.1 Å². The van der Waals surface area contributed by atoms with Gasteiger partial charge in [-0.1, -0.05) is 116 Å². The first kappa shape index (κ1) is 45.7. The maximum atomic E-state index is 11.4. The SMILES string of the molecule is CCCC=O.CNC(Cc1cn(C)c2ccccc12)C(N)=O.CO.COc1ccc(C=O)cn1.O=CNC(c1ccccc1)(c1ccccc1)c1ccccc1. The van der Waals surface area contributed by atoms with E-state index in [4.69, 9.17) is 15.6 Å². The van der Waals surface area contributed by atoms with Crippen LogP contribution in [0.4, 0.5) is 0 Å². The van der Waals surface area contributed by atoms with Gasteiger partial charge in [-0.3, -0.25) is 14.4 Å². The Kier molecular flexibility index (Phi) is 20.9. The molecule has 0 saturated carbocycles. The molecule has 4 aromatic carbocycles. The van der Waals surface area contributed by atoms with E-state index >= 15 is 0 Å². The fraction of sp³-hybridized carbons (Fsp3) is 0.222. The molecule has 5 N–H and O–H groups in total. The molecule has 0 bridgehead atoms. The highest BCUT2D eigenvalue weighted by molar-refractivity contribution is 5.86. The van der Waals surface area contributed by atoms with E-state index in [1.54, 1.807) is 19.2 Å². The van der Waals surface area contributed by atoms with Gasteiger partial charge in [0.25, 0.3) is 0 Å². The lowest BCUT2D eigenvalue weighted by molar-refractivity contribution is -0.119. The van der Waals surface area contributed by atoms with E-state index in [1.165, 1.54) is 24.2 Å². The van der Waals surface area contributed by atoms with Gasteiger partial charge in [0.2, 0.25) is 18.2 Å². The molecule has 11 nitrogen and oxygen atoms in total. The van der Waals surface area contributed by atoms with E-state index in [0.717, 1.165) is 54.8 Å². The van der Waals surface area contributed by atoms with Crippen LogP contribution in [0.25, 0.3) is 10.9 Å². The molecular formula is C45H53N5O6. The lowest BCUT2D eigenvalue weighted by atomic mass is 9.77. The number of hydrogen-bond donors (Lipinski definition) is 4. The van der Waals surface area contributed by atoms with E-state index in [0.29, 0.717) is 24.3 Å². The Morgan fingerprint density at radius 2 is 1.36 bits per heavy atom. The molecule has 56 heavy (non-hydrogen) atoms. The topological polar surface area (TPSA) is 166 Å². The summed E-state index contributed by atoms with van der Waals surface area (Å²) in [6, 6.07) is 41.2. The number of rotatable bonds is 13. The van der Waals surface area contributed by atoms with Gasteiger partial charge >= 0.3 is 0 Å². The summed E-state index contributed by atoms with van der Waals surface area (Å²) in [5, 5.41) is 14.2. The van der Waals surface area contributed by atoms with Crippen molar-refractivity contribution < 1.29 is 29.0 Å². The third kappa shape index (κ3) is 13.2. The first-order valence-corrected chi connectivity index (χ1v) is 18.0. The van der Waals surface area contributed by atoms with Gasteiger partial charge in [-0.15, -0.1) is 0 Å².